The maximum atomic E-state index is 10.7. The Morgan fingerprint density at radius 2 is 2.46 bits per heavy atom. The van der Waals surface area contributed by atoms with Crippen molar-refractivity contribution < 1.29 is 9.90 Å². The number of hydrogen-bond donors (Lipinski definition) is 1. The van der Waals surface area contributed by atoms with Crippen LogP contribution < -0.4 is 0 Å². The van der Waals surface area contributed by atoms with Crippen LogP contribution in [0.25, 0.3) is 0 Å². The van der Waals surface area contributed by atoms with Crippen LogP contribution in [0.2, 0.25) is 0 Å². The van der Waals surface area contributed by atoms with E-state index in [1.165, 1.54) is 12.8 Å². The lowest BCUT2D eigenvalue weighted by molar-refractivity contribution is -0.136. The molecular weight excluding hydrogens is 186 g/mol. The van der Waals surface area contributed by atoms with E-state index in [4.69, 9.17) is 5.11 Å². The Kier molecular flexibility index (Phi) is 4.59. The minimum absolute atomic E-state index is 0.203. The normalized spacial score (nSPS) is 24.5. The highest BCUT2D eigenvalue weighted by molar-refractivity contribution is 8.00. The van der Waals surface area contributed by atoms with Crippen molar-refractivity contribution in [3.63, 3.8) is 0 Å². The molecule has 1 unspecified atom stereocenters. The number of carboxylic acids is 1. The number of rotatable bonds is 4. The van der Waals surface area contributed by atoms with Crippen LogP contribution in [0.3, 0.4) is 0 Å². The lowest BCUT2D eigenvalue weighted by Crippen LogP contribution is -2.41. The fourth-order valence-electron chi connectivity index (χ4n) is 1.44. The molecule has 4 heteroatoms. The highest BCUT2D eigenvalue weighted by atomic mass is 32.2. The minimum atomic E-state index is -0.661. The first-order valence-corrected chi connectivity index (χ1v) is 5.85. The van der Waals surface area contributed by atoms with Gasteiger partial charge >= 0.3 is 5.97 Å². The first kappa shape index (κ1) is 10.9. The van der Waals surface area contributed by atoms with Crippen LogP contribution in [0.4, 0.5) is 0 Å². The fraction of sp³-hybridized carbons (Fsp3) is 0.889. The first-order valence-electron chi connectivity index (χ1n) is 4.80. The third-order valence-corrected chi connectivity index (χ3v) is 3.43. The van der Waals surface area contributed by atoms with Crippen LogP contribution in [0, 0.1) is 0 Å². The molecule has 0 bridgehead atoms. The number of carboxylic acid groups (broad SMARTS) is 1. The van der Waals surface area contributed by atoms with Crippen LogP contribution in [-0.4, -0.2) is 46.6 Å². The third-order valence-electron chi connectivity index (χ3n) is 2.25. The molecule has 1 fully saturated rings. The first-order chi connectivity index (χ1) is 6.24. The molecule has 0 aromatic rings. The van der Waals surface area contributed by atoms with Gasteiger partial charge in [-0.15, -0.1) is 11.8 Å². The topological polar surface area (TPSA) is 40.5 Å². The third kappa shape index (κ3) is 3.56. The summed E-state index contributed by atoms with van der Waals surface area (Å²) >= 11 is 1.57. The molecule has 0 amide bonds. The molecule has 1 rings (SSSR count). The van der Waals surface area contributed by atoms with Crippen LogP contribution in [0.5, 0.6) is 0 Å². The molecule has 0 radical (unpaired) electrons. The van der Waals surface area contributed by atoms with Crippen molar-refractivity contribution in [1.82, 2.24) is 4.90 Å². The average Bonchev–Trinajstić information content (AvgIpc) is 2.15. The van der Waals surface area contributed by atoms with E-state index in [1.54, 1.807) is 11.8 Å². The summed E-state index contributed by atoms with van der Waals surface area (Å²) in [6, 6.07) is 0. The number of nitrogens with zero attached hydrogens (tertiary/aromatic N) is 1. The van der Waals surface area contributed by atoms with Crippen molar-refractivity contribution in [2.24, 2.45) is 0 Å². The van der Waals surface area contributed by atoms with Gasteiger partial charge in [-0.1, -0.05) is 13.3 Å². The Labute approximate surface area is 83.5 Å². The molecule has 0 aromatic carbocycles. The van der Waals surface area contributed by atoms with Gasteiger partial charge in [-0.2, -0.15) is 0 Å². The molecule has 0 aromatic heterocycles. The van der Waals surface area contributed by atoms with Crippen molar-refractivity contribution in [3.05, 3.63) is 0 Å². The van der Waals surface area contributed by atoms with E-state index in [0.29, 0.717) is 0 Å². The van der Waals surface area contributed by atoms with E-state index in [2.05, 4.69) is 11.8 Å². The SMILES string of the molecule is CCCCN1CCSC(C(=O)O)C1. The Morgan fingerprint density at radius 3 is 3.08 bits per heavy atom. The smallest absolute Gasteiger partial charge is 0.317 e. The van der Waals surface area contributed by atoms with Gasteiger partial charge in [0.2, 0.25) is 0 Å². The second-order valence-electron chi connectivity index (χ2n) is 3.35. The Hall–Kier alpha value is -0.220. The van der Waals surface area contributed by atoms with Gasteiger partial charge in [-0.25, -0.2) is 0 Å². The van der Waals surface area contributed by atoms with Gasteiger partial charge in [0, 0.05) is 18.8 Å². The van der Waals surface area contributed by atoms with Gasteiger partial charge in [-0.3, -0.25) is 4.79 Å². The zero-order chi connectivity index (χ0) is 9.68. The molecule has 76 valence electrons. The number of hydrogen-bond acceptors (Lipinski definition) is 3. The van der Waals surface area contributed by atoms with E-state index in [9.17, 15) is 4.79 Å². The number of carbonyl (C=O) groups is 1. The predicted molar refractivity (Wildman–Crippen MR) is 55.2 cm³/mol. The van der Waals surface area contributed by atoms with E-state index >= 15 is 0 Å². The van der Waals surface area contributed by atoms with E-state index in [0.717, 1.165) is 25.4 Å². The zero-order valence-corrected chi connectivity index (χ0v) is 8.85. The van der Waals surface area contributed by atoms with Crippen LogP contribution in [0.15, 0.2) is 0 Å². The average molecular weight is 203 g/mol. The molecule has 1 aliphatic heterocycles. The van der Waals surface area contributed by atoms with Gasteiger partial charge in [0.05, 0.1) is 0 Å². The summed E-state index contributed by atoms with van der Waals surface area (Å²) in [7, 11) is 0. The van der Waals surface area contributed by atoms with Crippen molar-refractivity contribution in [3.8, 4) is 0 Å². The molecule has 0 aliphatic carbocycles. The highest BCUT2D eigenvalue weighted by Gasteiger charge is 2.25. The van der Waals surface area contributed by atoms with Crippen LogP contribution in [0.1, 0.15) is 19.8 Å². The summed E-state index contributed by atoms with van der Waals surface area (Å²) in [5.74, 6) is 0.298. The van der Waals surface area contributed by atoms with Crippen molar-refractivity contribution in [1.29, 1.82) is 0 Å². The summed E-state index contributed by atoms with van der Waals surface area (Å²) in [5.41, 5.74) is 0. The Balaban J connectivity index is 2.29. The summed E-state index contributed by atoms with van der Waals surface area (Å²) in [5, 5.41) is 8.63. The summed E-state index contributed by atoms with van der Waals surface area (Å²) in [6.45, 7) is 4.99. The van der Waals surface area contributed by atoms with Crippen molar-refractivity contribution in [2.45, 2.75) is 25.0 Å². The molecule has 1 atom stereocenters. The molecular formula is C9H17NO2S. The van der Waals surface area contributed by atoms with Gasteiger partial charge in [0.15, 0.2) is 0 Å². The molecule has 0 spiro atoms. The van der Waals surface area contributed by atoms with E-state index in [1.807, 2.05) is 0 Å². The van der Waals surface area contributed by atoms with Crippen molar-refractivity contribution in [2.75, 3.05) is 25.4 Å². The molecule has 1 aliphatic rings. The number of thioether (sulfide) groups is 1. The Morgan fingerprint density at radius 1 is 1.69 bits per heavy atom. The summed E-state index contributed by atoms with van der Waals surface area (Å²) in [4.78, 5) is 13.0. The lowest BCUT2D eigenvalue weighted by atomic mass is 10.3. The largest absolute Gasteiger partial charge is 0.480 e. The molecule has 13 heavy (non-hydrogen) atoms. The molecule has 3 nitrogen and oxygen atoms in total. The number of aliphatic carboxylic acids is 1. The quantitative estimate of drug-likeness (QED) is 0.747. The van der Waals surface area contributed by atoms with Gasteiger partial charge in [0.1, 0.15) is 5.25 Å². The molecule has 0 saturated carbocycles. The van der Waals surface area contributed by atoms with E-state index in [-0.39, 0.29) is 5.25 Å². The molecule has 1 N–H and O–H groups in total. The maximum absolute atomic E-state index is 10.7. The number of unbranched alkanes of at least 4 members (excludes halogenated alkanes) is 1. The second-order valence-corrected chi connectivity index (χ2v) is 4.66. The summed E-state index contributed by atoms with van der Waals surface area (Å²) < 4.78 is 0. The van der Waals surface area contributed by atoms with Crippen LogP contribution >= 0.6 is 11.8 Å². The Bertz CT molecular complexity index is 175. The minimum Gasteiger partial charge on any atom is -0.480 e. The molecule has 1 saturated heterocycles. The van der Waals surface area contributed by atoms with Gasteiger partial charge < -0.3 is 10.0 Å². The monoisotopic (exact) mass is 203 g/mol. The van der Waals surface area contributed by atoms with Gasteiger partial charge in [0.25, 0.3) is 0 Å². The van der Waals surface area contributed by atoms with Crippen LogP contribution in [-0.2, 0) is 4.79 Å². The van der Waals surface area contributed by atoms with Gasteiger partial charge in [-0.05, 0) is 13.0 Å². The highest BCUT2D eigenvalue weighted by Crippen LogP contribution is 2.18. The van der Waals surface area contributed by atoms with E-state index < -0.39 is 5.97 Å². The summed E-state index contributed by atoms with van der Waals surface area (Å²) in [6.07, 6.45) is 2.36. The lowest BCUT2D eigenvalue weighted by Gasteiger charge is -2.29. The predicted octanol–water partition coefficient (Wildman–Crippen LogP) is 1.29. The maximum Gasteiger partial charge on any atom is 0.317 e. The standard InChI is InChI=1S/C9H17NO2S/c1-2-3-4-10-5-6-13-8(7-10)9(11)12/h8H,2-7H2,1H3,(H,11,12). The van der Waals surface area contributed by atoms with Crippen molar-refractivity contribution >= 4 is 17.7 Å². The molecule has 1 heterocycles. The second kappa shape index (κ2) is 5.50. The fourth-order valence-corrected chi connectivity index (χ4v) is 2.54. The zero-order valence-electron chi connectivity index (χ0n) is 8.03.